The number of nitrogens with zero attached hydrogens (tertiary/aromatic N) is 4. The van der Waals surface area contributed by atoms with E-state index in [1.165, 1.54) is 6.20 Å². The molecule has 148 valence electrons. The molecular formula is C20H20ClN6OP. The van der Waals surface area contributed by atoms with Crippen LogP contribution in [0.4, 0.5) is 23.1 Å². The molecule has 0 saturated heterocycles. The van der Waals surface area contributed by atoms with Crippen LogP contribution in [0.15, 0.2) is 54.9 Å². The van der Waals surface area contributed by atoms with Crippen LogP contribution in [0.5, 0.6) is 0 Å². The highest BCUT2D eigenvalue weighted by Crippen LogP contribution is 2.38. The van der Waals surface area contributed by atoms with Crippen LogP contribution in [0.3, 0.4) is 0 Å². The Morgan fingerprint density at radius 1 is 1.07 bits per heavy atom. The summed E-state index contributed by atoms with van der Waals surface area (Å²) >= 11 is 6.30. The van der Waals surface area contributed by atoms with Crippen LogP contribution in [0.2, 0.25) is 5.02 Å². The first-order valence-electron chi connectivity index (χ1n) is 8.94. The number of aromatic nitrogens is 4. The minimum absolute atomic E-state index is 0.370. The van der Waals surface area contributed by atoms with E-state index in [-0.39, 0.29) is 0 Å². The summed E-state index contributed by atoms with van der Waals surface area (Å²) in [5.74, 6) is 0.832. The van der Waals surface area contributed by atoms with Gasteiger partial charge in [0.25, 0.3) is 0 Å². The van der Waals surface area contributed by atoms with E-state index in [0.717, 1.165) is 21.9 Å². The van der Waals surface area contributed by atoms with Gasteiger partial charge >= 0.3 is 0 Å². The Labute approximate surface area is 173 Å². The Hall–Kier alpha value is -2.89. The minimum atomic E-state index is -2.47. The van der Waals surface area contributed by atoms with Crippen LogP contribution < -0.4 is 15.9 Å². The maximum absolute atomic E-state index is 12.6. The predicted octanol–water partition coefficient (Wildman–Crippen LogP) is 4.75. The van der Waals surface area contributed by atoms with Crippen molar-refractivity contribution < 1.29 is 4.57 Å². The molecule has 2 heterocycles. The first kappa shape index (κ1) is 19.4. The van der Waals surface area contributed by atoms with Crippen molar-refractivity contribution in [3.63, 3.8) is 0 Å². The first-order chi connectivity index (χ1) is 13.8. The van der Waals surface area contributed by atoms with E-state index in [2.05, 4.69) is 25.7 Å². The average molecular weight is 427 g/mol. The van der Waals surface area contributed by atoms with Crippen molar-refractivity contribution in [1.82, 2.24) is 19.7 Å². The summed E-state index contributed by atoms with van der Waals surface area (Å²) in [7, 11) is -0.576. The zero-order valence-electron chi connectivity index (χ0n) is 16.2. The monoisotopic (exact) mass is 426 g/mol. The van der Waals surface area contributed by atoms with Gasteiger partial charge in [0.15, 0.2) is 5.82 Å². The third kappa shape index (κ3) is 4.11. The molecule has 0 saturated carbocycles. The lowest BCUT2D eigenvalue weighted by Gasteiger charge is -2.15. The lowest BCUT2D eigenvalue weighted by atomic mass is 10.2. The molecule has 2 aromatic carbocycles. The SMILES string of the molecule is Cn1ncc2ccc(Nc3ncc(Cl)c(Nc4ccccc4P(C)(C)=O)n3)cc21. The predicted molar refractivity (Wildman–Crippen MR) is 120 cm³/mol. The largest absolute Gasteiger partial charge is 0.338 e. The van der Waals surface area contributed by atoms with Gasteiger partial charge in [-0.2, -0.15) is 10.1 Å². The Morgan fingerprint density at radius 2 is 1.86 bits per heavy atom. The summed E-state index contributed by atoms with van der Waals surface area (Å²) in [6.45, 7) is 3.47. The lowest BCUT2D eigenvalue weighted by molar-refractivity contribution is 0.588. The summed E-state index contributed by atoms with van der Waals surface area (Å²) in [5.41, 5.74) is 2.54. The standard InChI is InChI=1S/C20H20ClN6OP/c1-27-17-10-14(9-8-13(17)11-23-27)24-20-22-12-15(21)19(26-20)25-16-6-4-5-7-18(16)29(2,3)28/h4-12H,1-3H3,(H2,22,24,25,26). The second-order valence-corrected chi connectivity index (χ2v) is 10.6. The summed E-state index contributed by atoms with van der Waals surface area (Å²) in [5, 5.41) is 12.8. The van der Waals surface area contributed by atoms with Gasteiger partial charge in [-0.3, -0.25) is 4.68 Å². The number of rotatable bonds is 5. The molecule has 0 amide bonds. The summed E-state index contributed by atoms with van der Waals surface area (Å²) in [6, 6.07) is 13.3. The van der Waals surface area contributed by atoms with E-state index in [1.807, 2.05) is 55.7 Å². The summed E-state index contributed by atoms with van der Waals surface area (Å²) in [6.07, 6.45) is 3.35. The maximum atomic E-state index is 12.6. The van der Waals surface area contributed by atoms with Gasteiger partial charge in [0, 0.05) is 23.4 Å². The number of hydrogen-bond acceptors (Lipinski definition) is 6. The van der Waals surface area contributed by atoms with Crippen molar-refractivity contribution in [2.45, 2.75) is 0 Å². The molecule has 0 aliphatic carbocycles. The lowest BCUT2D eigenvalue weighted by Crippen LogP contribution is -2.10. The normalized spacial score (nSPS) is 11.6. The number of para-hydroxylation sites is 1. The van der Waals surface area contributed by atoms with Crippen LogP contribution in [0, 0.1) is 0 Å². The molecule has 0 aliphatic rings. The number of halogens is 1. The third-order valence-corrected chi connectivity index (χ3v) is 6.31. The fourth-order valence-electron chi connectivity index (χ4n) is 3.04. The molecular weight excluding hydrogens is 407 g/mol. The highest BCUT2D eigenvalue weighted by molar-refractivity contribution is 7.70. The Bertz CT molecular complexity index is 1250. The highest BCUT2D eigenvalue weighted by atomic mass is 35.5. The topological polar surface area (TPSA) is 84.7 Å². The molecule has 0 radical (unpaired) electrons. The Balaban J connectivity index is 1.64. The number of aryl methyl sites for hydroxylation is 1. The number of fused-ring (bicyclic) bond motifs is 1. The van der Waals surface area contributed by atoms with Gasteiger partial charge in [-0.1, -0.05) is 23.7 Å². The minimum Gasteiger partial charge on any atom is -0.338 e. The van der Waals surface area contributed by atoms with Crippen molar-refractivity contribution in [2.75, 3.05) is 24.0 Å². The van der Waals surface area contributed by atoms with Crippen molar-refractivity contribution in [3.8, 4) is 0 Å². The van der Waals surface area contributed by atoms with Crippen LogP contribution in [-0.4, -0.2) is 33.1 Å². The fourth-order valence-corrected chi connectivity index (χ4v) is 4.34. The zero-order chi connectivity index (χ0) is 20.6. The molecule has 0 spiro atoms. The first-order valence-corrected chi connectivity index (χ1v) is 11.9. The average Bonchev–Trinajstić information content (AvgIpc) is 3.05. The van der Waals surface area contributed by atoms with Crippen molar-refractivity contribution in [1.29, 1.82) is 0 Å². The summed E-state index contributed by atoms with van der Waals surface area (Å²) < 4.78 is 14.4. The molecule has 2 aromatic heterocycles. The number of nitrogens with one attached hydrogen (secondary N) is 2. The van der Waals surface area contributed by atoms with Gasteiger partial charge in [-0.25, -0.2) is 4.98 Å². The molecule has 0 bridgehead atoms. The molecule has 9 heteroatoms. The second kappa shape index (κ2) is 7.50. The molecule has 0 fully saturated rings. The Morgan fingerprint density at radius 3 is 2.66 bits per heavy atom. The molecule has 4 aromatic rings. The molecule has 29 heavy (non-hydrogen) atoms. The zero-order valence-corrected chi connectivity index (χ0v) is 17.9. The second-order valence-electron chi connectivity index (χ2n) is 7.05. The fraction of sp³-hybridized carbons (Fsp3) is 0.150. The van der Waals surface area contributed by atoms with E-state index >= 15 is 0 Å². The van der Waals surface area contributed by atoms with Crippen LogP contribution in [0.1, 0.15) is 0 Å². The highest BCUT2D eigenvalue weighted by Gasteiger charge is 2.17. The Kier molecular flexibility index (Phi) is 5.03. The quantitative estimate of drug-likeness (QED) is 0.448. The number of benzene rings is 2. The smallest absolute Gasteiger partial charge is 0.229 e. The van der Waals surface area contributed by atoms with Gasteiger partial charge in [0.1, 0.15) is 12.2 Å². The third-order valence-electron chi connectivity index (χ3n) is 4.49. The van der Waals surface area contributed by atoms with E-state index in [9.17, 15) is 4.57 Å². The van der Waals surface area contributed by atoms with Gasteiger partial charge in [-0.15, -0.1) is 0 Å². The van der Waals surface area contributed by atoms with Crippen molar-refractivity contribution >= 4 is 58.1 Å². The maximum Gasteiger partial charge on any atom is 0.229 e. The van der Waals surface area contributed by atoms with Gasteiger partial charge in [0.05, 0.1) is 23.6 Å². The molecule has 0 atom stereocenters. The van der Waals surface area contributed by atoms with E-state index in [1.54, 1.807) is 18.0 Å². The van der Waals surface area contributed by atoms with Gasteiger partial charge < -0.3 is 15.2 Å². The van der Waals surface area contributed by atoms with Gasteiger partial charge in [0.2, 0.25) is 5.95 Å². The van der Waals surface area contributed by atoms with Crippen molar-refractivity contribution in [3.05, 3.63) is 59.9 Å². The van der Waals surface area contributed by atoms with E-state index in [4.69, 9.17) is 11.6 Å². The molecule has 0 unspecified atom stereocenters. The number of anilines is 4. The molecule has 0 aliphatic heterocycles. The van der Waals surface area contributed by atoms with Gasteiger partial charge in [-0.05, 0) is 43.7 Å². The van der Waals surface area contributed by atoms with Crippen LogP contribution in [0.25, 0.3) is 10.9 Å². The van der Waals surface area contributed by atoms with E-state index < -0.39 is 7.14 Å². The van der Waals surface area contributed by atoms with E-state index in [0.29, 0.717) is 22.5 Å². The van der Waals surface area contributed by atoms with Crippen LogP contribution in [-0.2, 0) is 11.6 Å². The molecule has 7 nitrogen and oxygen atoms in total. The molecule has 2 N–H and O–H groups in total. The van der Waals surface area contributed by atoms with Crippen molar-refractivity contribution in [2.24, 2.45) is 7.05 Å². The number of hydrogen-bond donors (Lipinski definition) is 2. The summed E-state index contributed by atoms with van der Waals surface area (Å²) in [4.78, 5) is 8.76. The van der Waals surface area contributed by atoms with Crippen LogP contribution >= 0.6 is 18.7 Å². The molecule has 4 rings (SSSR count).